The van der Waals surface area contributed by atoms with Gasteiger partial charge in [-0.3, -0.25) is 13.7 Å². The first kappa shape index (κ1) is 17.7. The van der Waals surface area contributed by atoms with Crippen molar-refractivity contribution in [2.75, 3.05) is 10.8 Å². The van der Waals surface area contributed by atoms with Crippen molar-refractivity contribution in [1.29, 1.82) is 0 Å². The van der Waals surface area contributed by atoms with Crippen molar-refractivity contribution in [3.63, 3.8) is 0 Å². The van der Waals surface area contributed by atoms with Crippen LogP contribution in [0.5, 0.6) is 0 Å². The highest BCUT2D eigenvalue weighted by atomic mass is 32.2. The summed E-state index contributed by atoms with van der Waals surface area (Å²) in [4.78, 5) is 22.7. The lowest BCUT2D eigenvalue weighted by Gasteiger charge is -2.24. The second-order valence-corrected chi connectivity index (χ2v) is 7.55. The molecule has 0 atom stereocenters. The molecule has 0 unspecified atom stereocenters. The summed E-state index contributed by atoms with van der Waals surface area (Å²) in [5.74, 6) is -1.19. The molecule has 8 nitrogen and oxygen atoms in total. The van der Waals surface area contributed by atoms with Crippen molar-refractivity contribution in [1.82, 2.24) is 4.57 Å². The van der Waals surface area contributed by atoms with E-state index in [-0.39, 0.29) is 23.4 Å². The Labute approximate surface area is 149 Å². The Balaban J connectivity index is 2.09. The number of benzene rings is 2. The van der Waals surface area contributed by atoms with Gasteiger partial charge in [0.25, 0.3) is 10.0 Å². The van der Waals surface area contributed by atoms with Crippen LogP contribution < -0.4 is 15.8 Å². The first-order valence-corrected chi connectivity index (χ1v) is 9.20. The highest BCUT2D eigenvalue weighted by molar-refractivity contribution is 7.92. The fraction of sp³-hybridized carbons (Fsp3) is 0.176. The van der Waals surface area contributed by atoms with E-state index >= 15 is 0 Å². The summed E-state index contributed by atoms with van der Waals surface area (Å²) < 4.78 is 33.7. The summed E-state index contributed by atoms with van der Waals surface area (Å²) in [5.41, 5.74) is 6.24. The van der Waals surface area contributed by atoms with Crippen LogP contribution in [-0.2, 0) is 21.9 Å². The summed E-state index contributed by atoms with van der Waals surface area (Å²) in [5, 5.41) is 0. The van der Waals surface area contributed by atoms with Crippen molar-refractivity contribution in [3.05, 3.63) is 59.1 Å². The first-order chi connectivity index (χ1) is 12.3. The summed E-state index contributed by atoms with van der Waals surface area (Å²) >= 11 is 0. The second-order valence-electron chi connectivity index (χ2n) is 5.69. The molecule has 26 heavy (non-hydrogen) atoms. The summed E-state index contributed by atoms with van der Waals surface area (Å²) in [7, 11) is -2.46. The fourth-order valence-corrected chi connectivity index (χ4v) is 4.08. The molecule has 3 aromatic rings. The molecule has 9 heteroatoms. The molecular formula is C17H17N3O5S. The molecule has 3 rings (SSSR count). The minimum Gasteiger partial charge on any atom is -0.408 e. The zero-order chi connectivity index (χ0) is 18.9. The van der Waals surface area contributed by atoms with Gasteiger partial charge in [0.15, 0.2) is 5.58 Å². The van der Waals surface area contributed by atoms with E-state index in [4.69, 9.17) is 10.2 Å². The Kier molecular flexibility index (Phi) is 4.56. The van der Waals surface area contributed by atoms with Crippen LogP contribution in [0.2, 0.25) is 0 Å². The smallest absolute Gasteiger partial charge is 0.408 e. The maximum Gasteiger partial charge on any atom is 0.419 e. The van der Waals surface area contributed by atoms with Crippen LogP contribution in [-0.4, -0.2) is 25.4 Å². The molecule has 0 fully saturated rings. The quantitative estimate of drug-likeness (QED) is 0.695. The lowest BCUT2D eigenvalue weighted by molar-refractivity contribution is -0.117. The van der Waals surface area contributed by atoms with Gasteiger partial charge in [-0.05, 0) is 24.3 Å². The van der Waals surface area contributed by atoms with Crippen molar-refractivity contribution >= 4 is 32.7 Å². The minimum atomic E-state index is -3.99. The van der Waals surface area contributed by atoms with Gasteiger partial charge in [-0.1, -0.05) is 18.2 Å². The van der Waals surface area contributed by atoms with Crippen molar-refractivity contribution in [2.24, 2.45) is 12.8 Å². The van der Waals surface area contributed by atoms with Gasteiger partial charge in [0.1, 0.15) is 0 Å². The number of rotatable bonds is 6. The highest BCUT2D eigenvalue weighted by Crippen LogP contribution is 2.26. The number of anilines is 1. The van der Waals surface area contributed by atoms with Crippen LogP contribution >= 0.6 is 0 Å². The van der Waals surface area contributed by atoms with E-state index in [1.807, 2.05) is 0 Å². The van der Waals surface area contributed by atoms with E-state index in [2.05, 4.69) is 0 Å². The zero-order valence-electron chi connectivity index (χ0n) is 14.0. The fourth-order valence-electron chi connectivity index (χ4n) is 2.60. The van der Waals surface area contributed by atoms with E-state index in [0.717, 1.165) is 4.31 Å². The molecule has 1 heterocycles. The van der Waals surface area contributed by atoms with E-state index in [9.17, 15) is 18.0 Å². The maximum atomic E-state index is 13.1. The molecular weight excluding hydrogens is 358 g/mol. The number of carbonyl (C=O) groups is 1. The van der Waals surface area contributed by atoms with Gasteiger partial charge in [-0.2, -0.15) is 0 Å². The molecule has 0 saturated heterocycles. The van der Waals surface area contributed by atoms with Gasteiger partial charge < -0.3 is 10.2 Å². The lowest BCUT2D eigenvalue weighted by Crippen LogP contribution is -2.34. The number of oxazole rings is 1. The maximum absolute atomic E-state index is 13.1. The molecule has 0 aliphatic carbocycles. The number of nitrogens with two attached hydrogens (primary N) is 1. The van der Waals surface area contributed by atoms with Crippen LogP contribution in [0.15, 0.2) is 62.6 Å². The Morgan fingerprint density at radius 3 is 2.54 bits per heavy atom. The van der Waals surface area contributed by atoms with Gasteiger partial charge in [0, 0.05) is 26.1 Å². The number of para-hydroxylation sites is 1. The molecule has 2 N–H and O–H groups in total. The third-order valence-corrected chi connectivity index (χ3v) is 5.78. The summed E-state index contributed by atoms with van der Waals surface area (Å²) in [6.07, 6.45) is -0.128. The zero-order valence-corrected chi connectivity index (χ0v) is 14.8. The molecule has 1 amide bonds. The average Bonchev–Trinajstić information content (AvgIpc) is 2.89. The van der Waals surface area contributed by atoms with Crippen LogP contribution in [0.3, 0.4) is 0 Å². The van der Waals surface area contributed by atoms with Gasteiger partial charge >= 0.3 is 5.76 Å². The van der Waals surface area contributed by atoms with E-state index in [1.165, 1.54) is 29.8 Å². The van der Waals surface area contributed by atoms with Gasteiger partial charge in [0.2, 0.25) is 5.91 Å². The molecule has 0 aliphatic heterocycles. The number of aromatic nitrogens is 1. The SMILES string of the molecule is Cn1c(=O)oc2cc(S(=O)(=O)N(CCC(N)=O)c3ccccc3)ccc21. The largest absolute Gasteiger partial charge is 0.419 e. The normalized spacial score (nSPS) is 11.6. The summed E-state index contributed by atoms with van der Waals surface area (Å²) in [6, 6.07) is 12.6. The number of carbonyl (C=O) groups excluding carboxylic acids is 1. The third kappa shape index (κ3) is 3.21. The van der Waals surface area contributed by atoms with Crippen molar-refractivity contribution < 1.29 is 17.6 Å². The van der Waals surface area contributed by atoms with E-state index < -0.39 is 21.7 Å². The Hall–Kier alpha value is -3.07. The third-order valence-electron chi connectivity index (χ3n) is 3.96. The number of aryl methyl sites for hydroxylation is 1. The molecule has 0 spiro atoms. The van der Waals surface area contributed by atoms with Crippen LogP contribution in [0, 0.1) is 0 Å². The summed E-state index contributed by atoms with van der Waals surface area (Å²) in [6.45, 7) is -0.0988. The molecule has 0 saturated carbocycles. The Bertz CT molecular complexity index is 1120. The number of hydrogen-bond acceptors (Lipinski definition) is 5. The molecule has 0 bridgehead atoms. The number of amides is 1. The minimum absolute atomic E-state index is 0.0485. The second kappa shape index (κ2) is 6.68. The first-order valence-electron chi connectivity index (χ1n) is 7.76. The van der Waals surface area contributed by atoms with Crippen molar-refractivity contribution in [2.45, 2.75) is 11.3 Å². The van der Waals surface area contributed by atoms with E-state index in [1.54, 1.807) is 30.3 Å². The molecule has 0 radical (unpaired) electrons. The highest BCUT2D eigenvalue weighted by Gasteiger charge is 2.26. The van der Waals surface area contributed by atoms with Crippen LogP contribution in [0.25, 0.3) is 11.1 Å². The molecule has 2 aromatic carbocycles. The van der Waals surface area contributed by atoms with Gasteiger partial charge in [-0.25, -0.2) is 13.2 Å². The van der Waals surface area contributed by atoms with E-state index in [0.29, 0.717) is 11.2 Å². The predicted octanol–water partition coefficient (Wildman–Crippen LogP) is 1.20. The number of hydrogen-bond donors (Lipinski definition) is 1. The van der Waals surface area contributed by atoms with Gasteiger partial charge in [-0.15, -0.1) is 0 Å². The number of fused-ring (bicyclic) bond motifs is 1. The molecule has 1 aromatic heterocycles. The van der Waals surface area contributed by atoms with Crippen LogP contribution in [0.1, 0.15) is 6.42 Å². The Morgan fingerprint density at radius 2 is 1.88 bits per heavy atom. The molecule has 0 aliphatic rings. The molecule has 136 valence electrons. The number of sulfonamides is 1. The average molecular weight is 375 g/mol. The van der Waals surface area contributed by atoms with Crippen LogP contribution in [0.4, 0.5) is 5.69 Å². The predicted molar refractivity (Wildman–Crippen MR) is 96.2 cm³/mol. The van der Waals surface area contributed by atoms with Crippen molar-refractivity contribution in [3.8, 4) is 0 Å². The lowest BCUT2D eigenvalue weighted by atomic mass is 10.3. The topological polar surface area (TPSA) is 116 Å². The monoisotopic (exact) mass is 375 g/mol. The Morgan fingerprint density at radius 1 is 1.19 bits per heavy atom. The number of primary amides is 1. The standard InChI is InChI=1S/C17H17N3O5S/c1-19-14-8-7-13(11-15(14)25-17(19)22)26(23,24)20(10-9-16(18)21)12-5-3-2-4-6-12/h2-8,11H,9-10H2,1H3,(H2,18,21). The number of nitrogens with zero attached hydrogens (tertiary/aromatic N) is 2. The van der Waals surface area contributed by atoms with Gasteiger partial charge in [0.05, 0.1) is 16.1 Å².